The van der Waals surface area contributed by atoms with Crippen molar-refractivity contribution in [1.29, 1.82) is 0 Å². The number of aliphatic hydroxyl groups excluding tert-OH is 1. The highest BCUT2D eigenvalue weighted by molar-refractivity contribution is 5.82. The van der Waals surface area contributed by atoms with Crippen LogP contribution in [0, 0.1) is 19.8 Å². The molecule has 1 saturated carbocycles. The van der Waals surface area contributed by atoms with E-state index in [1.807, 2.05) is 54.1 Å². The first-order chi connectivity index (χ1) is 18.1. The molecule has 1 aromatic carbocycles. The molecule has 0 amide bonds. The van der Waals surface area contributed by atoms with Crippen LogP contribution in [-0.4, -0.2) is 46.2 Å². The smallest absolute Gasteiger partial charge is 0.153 e. The van der Waals surface area contributed by atoms with Crippen LogP contribution >= 0.6 is 0 Å². The van der Waals surface area contributed by atoms with Crippen molar-refractivity contribution < 1.29 is 5.11 Å². The van der Waals surface area contributed by atoms with Gasteiger partial charge in [-0.15, -0.1) is 5.10 Å². The summed E-state index contributed by atoms with van der Waals surface area (Å²) in [5.74, 6) is 2.18. The van der Waals surface area contributed by atoms with E-state index in [0.717, 1.165) is 63.2 Å². The SMILES string of the molecule is Cc1ccc(Nc2ccc3c(c2)ncn3-c2ccc(CCO)c(-c3cnn(CC4CCC4)c3C)n2)nn1. The van der Waals surface area contributed by atoms with Gasteiger partial charge < -0.3 is 10.4 Å². The highest BCUT2D eigenvalue weighted by Gasteiger charge is 2.21. The van der Waals surface area contributed by atoms with E-state index in [-0.39, 0.29) is 6.61 Å². The zero-order chi connectivity index (χ0) is 25.4. The molecule has 2 N–H and O–H groups in total. The minimum absolute atomic E-state index is 0.0679. The number of nitrogens with zero attached hydrogens (tertiary/aromatic N) is 7. The second-order valence-electron chi connectivity index (χ2n) is 9.78. The first-order valence-electron chi connectivity index (χ1n) is 12.8. The van der Waals surface area contributed by atoms with Gasteiger partial charge in [0.25, 0.3) is 0 Å². The van der Waals surface area contributed by atoms with Crippen LogP contribution in [0.15, 0.2) is 55.0 Å². The molecule has 1 aliphatic carbocycles. The van der Waals surface area contributed by atoms with Crippen LogP contribution in [0.4, 0.5) is 11.5 Å². The number of pyridine rings is 1. The third kappa shape index (κ3) is 4.58. The molecular weight excluding hydrogens is 464 g/mol. The molecular formula is C28H30N8O. The number of hydrogen-bond acceptors (Lipinski definition) is 7. The Hall–Kier alpha value is -4.11. The Bertz CT molecular complexity index is 1550. The lowest BCUT2D eigenvalue weighted by Crippen LogP contribution is -2.19. The number of fused-ring (bicyclic) bond motifs is 1. The average Bonchev–Trinajstić information content (AvgIpc) is 3.46. The lowest BCUT2D eigenvalue weighted by Gasteiger charge is -2.25. The second kappa shape index (κ2) is 9.74. The number of rotatable bonds is 8. The third-order valence-electron chi connectivity index (χ3n) is 7.22. The number of imidazole rings is 1. The maximum atomic E-state index is 9.69. The van der Waals surface area contributed by atoms with Gasteiger partial charge in [0.2, 0.25) is 0 Å². The van der Waals surface area contributed by atoms with Crippen molar-refractivity contribution in [3.05, 3.63) is 71.9 Å². The number of hydrogen-bond donors (Lipinski definition) is 2. The summed E-state index contributed by atoms with van der Waals surface area (Å²) in [6.45, 7) is 5.04. The monoisotopic (exact) mass is 494 g/mol. The molecule has 188 valence electrons. The van der Waals surface area contributed by atoms with E-state index in [2.05, 4.69) is 43.3 Å². The lowest BCUT2D eigenvalue weighted by atomic mass is 9.85. The van der Waals surface area contributed by atoms with Gasteiger partial charge in [-0.05, 0) is 81.0 Å². The van der Waals surface area contributed by atoms with E-state index in [4.69, 9.17) is 4.98 Å². The van der Waals surface area contributed by atoms with Gasteiger partial charge in [0.1, 0.15) is 12.1 Å². The van der Waals surface area contributed by atoms with Gasteiger partial charge in [-0.25, -0.2) is 9.97 Å². The van der Waals surface area contributed by atoms with E-state index in [0.29, 0.717) is 12.2 Å². The van der Waals surface area contributed by atoms with E-state index < -0.39 is 0 Å². The Morgan fingerprint density at radius 1 is 1.05 bits per heavy atom. The number of aryl methyl sites for hydroxylation is 1. The van der Waals surface area contributed by atoms with Gasteiger partial charge in [-0.1, -0.05) is 12.5 Å². The normalized spacial score (nSPS) is 13.7. The first kappa shape index (κ1) is 23.3. The van der Waals surface area contributed by atoms with Crippen molar-refractivity contribution in [2.45, 2.75) is 46.1 Å². The summed E-state index contributed by atoms with van der Waals surface area (Å²) in [6, 6.07) is 13.9. The average molecular weight is 495 g/mol. The number of benzene rings is 1. The van der Waals surface area contributed by atoms with Crippen molar-refractivity contribution >= 4 is 22.5 Å². The molecule has 37 heavy (non-hydrogen) atoms. The Kier molecular flexibility index (Phi) is 6.13. The van der Waals surface area contributed by atoms with Crippen LogP contribution in [0.2, 0.25) is 0 Å². The molecule has 0 radical (unpaired) electrons. The molecule has 6 rings (SSSR count). The summed E-state index contributed by atoms with van der Waals surface area (Å²) >= 11 is 0. The van der Waals surface area contributed by atoms with Crippen LogP contribution in [-0.2, 0) is 13.0 Å². The molecule has 4 heterocycles. The molecule has 1 aliphatic rings. The van der Waals surface area contributed by atoms with E-state index in [1.165, 1.54) is 19.3 Å². The van der Waals surface area contributed by atoms with Crippen LogP contribution in [0.1, 0.15) is 36.2 Å². The van der Waals surface area contributed by atoms with E-state index in [9.17, 15) is 5.11 Å². The number of aliphatic hydroxyl groups is 1. The molecule has 0 unspecified atom stereocenters. The van der Waals surface area contributed by atoms with E-state index in [1.54, 1.807) is 6.33 Å². The zero-order valence-corrected chi connectivity index (χ0v) is 21.1. The Labute approximate surface area is 215 Å². The topological polar surface area (TPSA) is 107 Å². The zero-order valence-electron chi connectivity index (χ0n) is 21.1. The molecule has 4 aromatic heterocycles. The predicted molar refractivity (Wildman–Crippen MR) is 143 cm³/mol. The fraction of sp³-hybridized carbons (Fsp3) is 0.321. The van der Waals surface area contributed by atoms with Gasteiger partial charge in [-0.3, -0.25) is 9.25 Å². The molecule has 0 spiro atoms. The van der Waals surface area contributed by atoms with Crippen molar-refractivity contribution in [1.82, 2.24) is 34.5 Å². The predicted octanol–water partition coefficient (Wildman–Crippen LogP) is 4.77. The fourth-order valence-corrected chi connectivity index (χ4v) is 4.84. The molecule has 0 aliphatic heterocycles. The van der Waals surface area contributed by atoms with Crippen LogP contribution in [0.5, 0.6) is 0 Å². The number of nitrogens with one attached hydrogen (secondary N) is 1. The number of aromatic nitrogens is 7. The standard InChI is InChI=1S/C28H30N8O/c1-18-6-10-26(34-33-18)31-22-8-9-25-24(14-22)29-17-35(25)27-11-7-21(12-13-37)28(32-27)23-15-30-36(19(23)2)16-20-4-3-5-20/h6-11,14-15,17,20,37H,3-5,12-13,16H2,1-2H3,(H,31,34). The van der Waals surface area contributed by atoms with Crippen LogP contribution < -0.4 is 5.32 Å². The largest absolute Gasteiger partial charge is 0.396 e. The molecule has 5 aromatic rings. The minimum Gasteiger partial charge on any atom is -0.396 e. The van der Waals surface area contributed by atoms with Crippen molar-refractivity contribution in [2.75, 3.05) is 11.9 Å². The van der Waals surface area contributed by atoms with Gasteiger partial charge in [0, 0.05) is 30.1 Å². The Morgan fingerprint density at radius 3 is 2.70 bits per heavy atom. The first-order valence-corrected chi connectivity index (χ1v) is 12.8. The van der Waals surface area contributed by atoms with Crippen molar-refractivity contribution in [2.24, 2.45) is 5.92 Å². The van der Waals surface area contributed by atoms with Crippen LogP contribution in [0.25, 0.3) is 28.1 Å². The maximum Gasteiger partial charge on any atom is 0.153 e. The molecule has 9 nitrogen and oxygen atoms in total. The van der Waals surface area contributed by atoms with Gasteiger partial charge in [0.15, 0.2) is 5.82 Å². The fourth-order valence-electron chi connectivity index (χ4n) is 4.84. The lowest BCUT2D eigenvalue weighted by molar-refractivity contribution is 0.264. The Balaban J connectivity index is 1.33. The summed E-state index contributed by atoms with van der Waals surface area (Å²) < 4.78 is 4.10. The summed E-state index contributed by atoms with van der Waals surface area (Å²) in [5.41, 5.74) is 7.55. The highest BCUT2D eigenvalue weighted by atomic mass is 16.3. The Morgan fingerprint density at radius 2 is 1.95 bits per heavy atom. The maximum absolute atomic E-state index is 9.69. The van der Waals surface area contributed by atoms with Crippen molar-refractivity contribution in [3.8, 4) is 17.1 Å². The minimum atomic E-state index is 0.0679. The molecule has 0 atom stereocenters. The van der Waals surface area contributed by atoms with Crippen LogP contribution in [0.3, 0.4) is 0 Å². The summed E-state index contributed by atoms with van der Waals surface area (Å²) in [6.07, 6.45) is 8.13. The van der Waals surface area contributed by atoms with Gasteiger partial charge in [0.05, 0.1) is 28.6 Å². The third-order valence-corrected chi connectivity index (χ3v) is 7.22. The highest BCUT2D eigenvalue weighted by Crippen LogP contribution is 2.31. The summed E-state index contributed by atoms with van der Waals surface area (Å²) in [7, 11) is 0. The summed E-state index contributed by atoms with van der Waals surface area (Å²) in [5, 5.41) is 25.9. The molecule has 9 heteroatoms. The van der Waals surface area contributed by atoms with Gasteiger partial charge in [-0.2, -0.15) is 10.2 Å². The van der Waals surface area contributed by atoms with Gasteiger partial charge >= 0.3 is 0 Å². The molecule has 0 saturated heterocycles. The summed E-state index contributed by atoms with van der Waals surface area (Å²) in [4.78, 5) is 9.70. The number of anilines is 2. The van der Waals surface area contributed by atoms with E-state index >= 15 is 0 Å². The quantitative estimate of drug-likeness (QED) is 0.320. The molecule has 0 bridgehead atoms. The molecule has 1 fully saturated rings. The van der Waals surface area contributed by atoms with Crippen molar-refractivity contribution in [3.63, 3.8) is 0 Å². The second-order valence-corrected chi connectivity index (χ2v) is 9.78.